The van der Waals surface area contributed by atoms with Gasteiger partial charge in [0, 0.05) is 0 Å². The van der Waals surface area contributed by atoms with Gasteiger partial charge in [0.15, 0.2) is 0 Å². The Labute approximate surface area is 87.6 Å². The van der Waals surface area contributed by atoms with Crippen LogP contribution in [0.3, 0.4) is 0 Å². The monoisotopic (exact) mass is 204 g/mol. The molecule has 3 rings (SSSR count). The standard InChI is InChI=1S/C12H12O3/c13-7-11-5-6-12(8-14,15-11)10-4-2-1-3-9(10)11/h1-6,13-14H,7-8H2. The fourth-order valence-electron chi connectivity index (χ4n) is 2.51. The summed E-state index contributed by atoms with van der Waals surface area (Å²) in [5.74, 6) is 0. The molecule has 1 aromatic carbocycles. The van der Waals surface area contributed by atoms with Crippen molar-refractivity contribution in [3.05, 3.63) is 47.5 Å². The van der Waals surface area contributed by atoms with Crippen LogP contribution in [0.25, 0.3) is 0 Å². The zero-order chi connectivity index (χ0) is 10.5. The predicted octanol–water partition coefficient (Wildman–Crippen LogP) is 0.662. The quantitative estimate of drug-likeness (QED) is 0.696. The highest BCUT2D eigenvalue weighted by molar-refractivity contribution is 5.51. The molecule has 2 N–H and O–H groups in total. The van der Waals surface area contributed by atoms with Gasteiger partial charge in [0.2, 0.25) is 0 Å². The number of hydrogen-bond acceptors (Lipinski definition) is 3. The van der Waals surface area contributed by atoms with Crippen LogP contribution in [-0.4, -0.2) is 23.4 Å². The molecule has 2 atom stereocenters. The molecular weight excluding hydrogens is 192 g/mol. The van der Waals surface area contributed by atoms with E-state index in [0.29, 0.717) is 0 Å². The average Bonchev–Trinajstić information content (AvgIpc) is 2.83. The third-order valence-electron chi connectivity index (χ3n) is 3.29. The Hall–Kier alpha value is -1.16. The van der Waals surface area contributed by atoms with E-state index in [9.17, 15) is 10.2 Å². The molecule has 3 nitrogen and oxygen atoms in total. The van der Waals surface area contributed by atoms with Crippen molar-refractivity contribution >= 4 is 0 Å². The second-order valence-corrected chi connectivity index (χ2v) is 4.08. The molecule has 2 aliphatic rings. The summed E-state index contributed by atoms with van der Waals surface area (Å²) < 4.78 is 5.81. The smallest absolute Gasteiger partial charge is 0.136 e. The normalized spacial score (nSPS) is 35.9. The van der Waals surface area contributed by atoms with Crippen LogP contribution in [0.2, 0.25) is 0 Å². The van der Waals surface area contributed by atoms with Crippen LogP contribution in [0.1, 0.15) is 11.1 Å². The molecule has 3 heteroatoms. The lowest BCUT2D eigenvalue weighted by Gasteiger charge is -2.22. The Morgan fingerprint density at radius 1 is 0.933 bits per heavy atom. The Balaban J connectivity index is 2.26. The Bertz CT molecular complexity index is 401. The van der Waals surface area contributed by atoms with Crippen molar-refractivity contribution < 1.29 is 14.9 Å². The maximum Gasteiger partial charge on any atom is 0.136 e. The summed E-state index contributed by atoms with van der Waals surface area (Å²) in [5.41, 5.74) is 0.451. The van der Waals surface area contributed by atoms with Gasteiger partial charge in [-0.15, -0.1) is 0 Å². The van der Waals surface area contributed by atoms with Crippen LogP contribution >= 0.6 is 0 Å². The van der Waals surface area contributed by atoms with Crippen LogP contribution in [-0.2, 0) is 15.9 Å². The maximum absolute atomic E-state index is 9.44. The first-order valence-corrected chi connectivity index (χ1v) is 4.99. The molecule has 0 fully saturated rings. The minimum Gasteiger partial charge on any atom is -0.393 e. The van der Waals surface area contributed by atoms with Crippen LogP contribution in [0.15, 0.2) is 36.4 Å². The lowest BCUT2D eigenvalue weighted by atomic mass is 9.82. The van der Waals surface area contributed by atoms with Gasteiger partial charge in [-0.25, -0.2) is 0 Å². The van der Waals surface area contributed by atoms with Gasteiger partial charge in [0.25, 0.3) is 0 Å². The van der Waals surface area contributed by atoms with Crippen molar-refractivity contribution in [2.45, 2.75) is 11.2 Å². The summed E-state index contributed by atoms with van der Waals surface area (Å²) in [4.78, 5) is 0. The minimum absolute atomic E-state index is 0.0950. The molecule has 0 aliphatic carbocycles. The first kappa shape index (κ1) is 9.09. The van der Waals surface area contributed by atoms with Gasteiger partial charge in [-0.3, -0.25) is 0 Å². The third-order valence-corrected chi connectivity index (χ3v) is 3.29. The van der Waals surface area contributed by atoms with Crippen molar-refractivity contribution in [2.75, 3.05) is 13.2 Å². The molecule has 1 aromatic rings. The van der Waals surface area contributed by atoms with E-state index in [4.69, 9.17) is 4.74 Å². The lowest BCUT2D eigenvalue weighted by Crippen LogP contribution is -2.29. The molecule has 2 aliphatic heterocycles. The highest BCUT2D eigenvalue weighted by Gasteiger charge is 2.54. The summed E-state index contributed by atoms with van der Waals surface area (Å²) >= 11 is 0. The molecule has 0 radical (unpaired) electrons. The van der Waals surface area contributed by atoms with E-state index in [1.165, 1.54) is 0 Å². The lowest BCUT2D eigenvalue weighted by molar-refractivity contribution is -0.113. The molecule has 2 bridgehead atoms. The van der Waals surface area contributed by atoms with E-state index < -0.39 is 11.2 Å². The molecular formula is C12H12O3. The number of fused-ring (bicyclic) bond motifs is 5. The van der Waals surface area contributed by atoms with Crippen molar-refractivity contribution in [3.63, 3.8) is 0 Å². The zero-order valence-electron chi connectivity index (χ0n) is 8.18. The van der Waals surface area contributed by atoms with Crippen molar-refractivity contribution in [3.8, 4) is 0 Å². The Morgan fingerprint density at radius 3 is 1.80 bits per heavy atom. The van der Waals surface area contributed by atoms with Gasteiger partial charge in [-0.05, 0) is 23.3 Å². The fourth-order valence-corrected chi connectivity index (χ4v) is 2.51. The molecule has 2 heterocycles. The number of rotatable bonds is 2. The van der Waals surface area contributed by atoms with E-state index in [2.05, 4.69) is 0 Å². The number of aliphatic hydroxyl groups is 2. The first-order chi connectivity index (χ1) is 7.26. The molecule has 2 unspecified atom stereocenters. The molecule has 0 aromatic heterocycles. The first-order valence-electron chi connectivity index (χ1n) is 4.99. The van der Waals surface area contributed by atoms with Gasteiger partial charge >= 0.3 is 0 Å². The largest absolute Gasteiger partial charge is 0.393 e. The van der Waals surface area contributed by atoms with E-state index in [-0.39, 0.29) is 13.2 Å². The highest BCUT2D eigenvalue weighted by atomic mass is 16.6. The van der Waals surface area contributed by atoms with Gasteiger partial charge in [0.1, 0.15) is 11.2 Å². The van der Waals surface area contributed by atoms with Gasteiger partial charge in [-0.2, -0.15) is 0 Å². The van der Waals surface area contributed by atoms with Crippen molar-refractivity contribution in [1.29, 1.82) is 0 Å². The Morgan fingerprint density at radius 2 is 1.40 bits per heavy atom. The van der Waals surface area contributed by atoms with Crippen LogP contribution in [0, 0.1) is 0 Å². The molecule has 15 heavy (non-hydrogen) atoms. The average molecular weight is 204 g/mol. The summed E-state index contributed by atoms with van der Waals surface area (Å²) in [6.07, 6.45) is 3.68. The highest BCUT2D eigenvalue weighted by Crippen LogP contribution is 2.53. The van der Waals surface area contributed by atoms with Crippen molar-refractivity contribution in [2.24, 2.45) is 0 Å². The molecule has 0 spiro atoms. The van der Waals surface area contributed by atoms with Gasteiger partial charge in [-0.1, -0.05) is 24.3 Å². The summed E-state index contributed by atoms with van der Waals surface area (Å²) in [6.45, 7) is -0.190. The van der Waals surface area contributed by atoms with Gasteiger partial charge in [0.05, 0.1) is 13.2 Å². The second-order valence-electron chi connectivity index (χ2n) is 4.08. The molecule has 78 valence electrons. The SMILES string of the molecule is OCC12C=CC(CO)(O1)c1ccccc12. The number of ether oxygens (including phenoxy) is 1. The van der Waals surface area contributed by atoms with Crippen LogP contribution < -0.4 is 0 Å². The topological polar surface area (TPSA) is 49.7 Å². The van der Waals surface area contributed by atoms with Crippen LogP contribution in [0.4, 0.5) is 0 Å². The summed E-state index contributed by atoms with van der Waals surface area (Å²) in [6, 6.07) is 7.71. The predicted molar refractivity (Wildman–Crippen MR) is 54.2 cm³/mol. The minimum atomic E-state index is -0.737. The van der Waals surface area contributed by atoms with Crippen LogP contribution in [0.5, 0.6) is 0 Å². The fraction of sp³-hybridized carbons (Fsp3) is 0.333. The zero-order valence-corrected chi connectivity index (χ0v) is 8.18. The van der Waals surface area contributed by atoms with Gasteiger partial charge < -0.3 is 14.9 Å². The van der Waals surface area contributed by atoms with E-state index in [0.717, 1.165) is 11.1 Å². The van der Waals surface area contributed by atoms with E-state index in [1.807, 2.05) is 36.4 Å². The molecule has 0 saturated heterocycles. The molecule has 0 amide bonds. The van der Waals surface area contributed by atoms with Crippen molar-refractivity contribution in [1.82, 2.24) is 0 Å². The second kappa shape index (κ2) is 2.70. The summed E-state index contributed by atoms with van der Waals surface area (Å²) in [7, 11) is 0. The number of benzene rings is 1. The third kappa shape index (κ3) is 0.905. The summed E-state index contributed by atoms with van der Waals surface area (Å²) in [5, 5.41) is 18.9. The maximum atomic E-state index is 9.44. The Kier molecular flexibility index (Phi) is 1.63. The number of hydrogen-bond donors (Lipinski definition) is 2. The van der Waals surface area contributed by atoms with E-state index >= 15 is 0 Å². The molecule has 0 saturated carbocycles. The number of aliphatic hydroxyl groups excluding tert-OH is 2. The van der Waals surface area contributed by atoms with E-state index in [1.54, 1.807) is 0 Å².